The Morgan fingerprint density at radius 1 is 0.957 bits per heavy atom. The highest BCUT2D eigenvalue weighted by Gasteiger charge is 2.20. The smallest absolute Gasteiger partial charge is 0.238 e. The van der Waals surface area contributed by atoms with Crippen molar-refractivity contribution < 1.29 is 5.11 Å². The topological polar surface area (TPSA) is 38.1 Å². The normalized spacial score (nSPS) is 11.1. The van der Waals surface area contributed by atoms with Crippen molar-refractivity contribution in [2.45, 2.75) is 27.3 Å². The molecule has 1 N–H and O–H groups in total. The summed E-state index contributed by atoms with van der Waals surface area (Å²) in [7, 11) is 0. The number of aromatic hydroxyl groups is 1. The lowest BCUT2D eigenvalue weighted by atomic mass is 10.00. The number of nitrogens with zero attached hydrogens (tertiary/aromatic N) is 2. The molecule has 0 saturated carbocycles. The summed E-state index contributed by atoms with van der Waals surface area (Å²) in [6, 6.07) is 18.3. The van der Waals surface area contributed by atoms with Gasteiger partial charge in [-0.2, -0.15) is 0 Å². The van der Waals surface area contributed by atoms with Crippen LogP contribution in [0.1, 0.15) is 19.4 Å². The van der Waals surface area contributed by atoms with E-state index >= 15 is 0 Å². The Labute approximate surface area is 137 Å². The second-order valence-electron chi connectivity index (χ2n) is 6.36. The molecule has 0 fully saturated rings. The van der Waals surface area contributed by atoms with Gasteiger partial charge in [-0.15, -0.1) is 5.10 Å². The van der Waals surface area contributed by atoms with Gasteiger partial charge in [-0.3, -0.25) is 4.68 Å². The Hall–Kier alpha value is -2.55. The molecule has 0 radical (unpaired) electrons. The van der Waals surface area contributed by atoms with E-state index in [1.807, 2.05) is 35.0 Å². The number of rotatable bonds is 4. The molecule has 0 unspecified atom stereocenters. The van der Waals surface area contributed by atoms with Crippen LogP contribution in [0.4, 0.5) is 0 Å². The summed E-state index contributed by atoms with van der Waals surface area (Å²) in [6.07, 6.45) is 0. The van der Waals surface area contributed by atoms with E-state index in [1.54, 1.807) is 0 Å². The maximum Gasteiger partial charge on any atom is 0.238 e. The summed E-state index contributed by atoms with van der Waals surface area (Å²) in [6.45, 7) is 7.13. The van der Waals surface area contributed by atoms with Gasteiger partial charge in [0.05, 0.1) is 11.3 Å². The molecule has 3 nitrogen and oxygen atoms in total. The van der Waals surface area contributed by atoms with Crippen LogP contribution in [0.25, 0.3) is 22.4 Å². The average Bonchev–Trinajstić information content (AvgIpc) is 2.84. The van der Waals surface area contributed by atoms with E-state index in [4.69, 9.17) is 0 Å². The molecular weight excluding hydrogens is 284 g/mol. The number of benzene rings is 2. The summed E-state index contributed by atoms with van der Waals surface area (Å²) in [5, 5.41) is 14.9. The van der Waals surface area contributed by atoms with E-state index in [2.05, 4.69) is 50.1 Å². The molecule has 0 atom stereocenters. The van der Waals surface area contributed by atoms with E-state index in [0.29, 0.717) is 5.92 Å². The number of aromatic nitrogens is 2. The molecule has 3 aromatic rings. The standard InChI is InChI=1S/C20H22N2O/c1-14(2)13-22-19(17-7-5-4-6-8-17)18(20(23)21-22)16-11-9-15(3)10-12-16/h4-12,14H,13H2,1-3H3,(H,21,23). The average molecular weight is 306 g/mol. The largest absolute Gasteiger partial charge is 0.492 e. The van der Waals surface area contributed by atoms with Crippen molar-refractivity contribution in [3.8, 4) is 28.3 Å². The molecule has 3 rings (SSSR count). The number of aryl methyl sites for hydroxylation is 1. The highest BCUT2D eigenvalue weighted by atomic mass is 16.3. The Kier molecular flexibility index (Phi) is 4.20. The second-order valence-corrected chi connectivity index (χ2v) is 6.36. The van der Waals surface area contributed by atoms with Gasteiger partial charge in [0.2, 0.25) is 5.88 Å². The Morgan fingerprint density at radius 3 is 2.22 bits per heavy atom. The highest BCUT2D eigenvalue weighted by molar-refractivity contribution is 5.84. The fraction of sp³-hybridized carbons (Fsp3) is 0.250. The van der Waals surface area contributed by atoms with Crippen LogP contribution in [0, 0.1) is 12.8 Å². The molecule has 118 valence electrons. The third-order valence-electron chi connectivity index (χ3n) is 3.86. The molecule has 0 saturated heterocycles. The summed E-state index contributed by atoms with van der Waals surface area (Å²) in [4.78, 5) is 0. The van der Waals surface area contributed by atoms with Crippen molar-refractivity contribution in [3.63, 3.8) is 0 Å². The molecule has 0 bridgehead atoms. The number of hydrogen-bond donors (Lipinski definition) is 1. The maximum atomic E-state index is 10.5. The van der Waals surface area contributed by atoms with Crippen LogP contribution in [0.2, 0.25) is 0 Å². The first kappa shape index (κ1) is 15.3. The summed E-state index contributed by atoms with van der Waals surface area (Å²) in [5.41, 5.74) is 5.03. The van der Waals surface area contributed by atoms with Crippen LogP contribution in [0.3, 0.4) is 0 Å². The summed E-state index contributed by atoms with van der Waals surface area (Å²) < 4.78 is 1.92. The van der Waals surface area contributed by atoms with Crippen LogP contribution in [0.15, 0.2) is 54.6 Å². The third kappa shape index (κ3) is 3.14. The Balaban J connectivity index is 2.22. The van der Waals surface area contributed by atoms with Crippen molar-refractivity contribution in [2.24, 2.45) is 5.92 Å². The Morgan fingerprint density at radius 2 is 1.61 bits per heavy atom. The zero-order valence-corrected chi connectivity index (χ0v) is 13.8. The van der Waals surface area contributed by atoms with Crippen LogP contribution in [-0.4, -0.2) is 14.9 Å². The van der Waals surface area contributed by atoms with E-state index in [1.165, 1.54) is 5.56 Å². The molecule has 23 heavy (non-hydrogen) atoms. The molecule has 0 spiro atoms. The van der Waals surface area contributed by atoms with Crippen LogP contribution in [-0.2, 0) is 6.54 Å². The quantitative estimate of drug-likeness (QED) is 0.745. The molecule has 0 aliphatic heterocycles. The zero-order chi connectivity index (χ0) is 16.4. The molecule has 0 aliphatic rings. The molecule has 1 aromatic heterocycles. The van der Waals surface area contributed by atoms with Gasteiger partial charge >= 0.3 is 0 Å². The molecule has 0 aliphatic carbocycles. The van der Waals surface area contributed by atoms with Gasteiger partial charge in [-0.1, -0.05) is 74.0 Å². The predicted molar refractivity (Wildman–Crippen MR) is 94.3 cm³/mol. The Bertz CT molecular complexity index is 787. The summed E-state index contributed by atoms with van der Waals surface area (Å²) >= 11 is 0. The van der Waals surface area contributed by atoms with Crippen molar-refractivity contribution in [1.82, 2.24) is 9.78 Å². The third-order valence-corrected chi connectivity index (χ3v) is 3.86. The van der Waals surface area contributed by atoms with Crippen LogP contribution < -0.4 is 0 Å². The number of hydrogen-bond acceptors (Lipinski definition) is 2. The molecule has 0 amide bonds. The minimum Gasteiger partial charge on any atom is -0.492 e. The fourth-order valence-corrected chi connectivity index (χ4v) is 2.80. The van der Waals surface area contributed by atoms with Gasteiger partial charge in [0.15, 0.2) is 0 Å². The lowest BCUT2D eigenvalue weighted by molar-refractivity contribution is 0.422. The van der Waals surface area contributed by atoms with Gasteiger partial charge in [0, 0.05) is 12.1 Å². The van der Waals surface area contributed by atoms with Gasteiger partial charge in [0.25, 0.3) is 0 Å². The van der Waals surface area contributed by atoms with E-state index in [0.717, 1.165) is 28.9 Å². The molecule has 3 heteroatoms. The minimum atomic E-state index is 0.0911. The monoisotopic (exact) mass is 306 g/mol. The zero-order valence-electron chi connectivity index (χ0n) is 13.8. The van der Waals surface area contributed by atoms with E-state index in [-0.39, 0.29) is 5.88 Å². The van der Waals surface area contributed by atoms with Crippen molar-refractivity contribution in [2.75, 3.05) is 0 Å². The molecule has 1 heterocycles. The molecule has 2 aromatic carbocycles. The highest BCUT2D eigenvalue weighted by Crippen LogP contribution is 2.38. The van der Waals surface area contributed by atoms with Crippen LogP contribution >= 0.6 is 0 Å². The van der Waals surface area contributed by atoms with E-state index < -0.39 is 0 Å². The predicted octanol–water partition coefficient (Wildman–Crippen LogP) is 4.89. The maximum absolute atomic E-state index is 10.5. The van der Waals surface area contributed by atoms with Crippen molar-refractivity contribution in [1.29, 1.82) is 0 Å². The summed E-state index contributed by atoms with van der Waals surface area (Å²) in [5.74, 6) is 0.538. The van der Waals surface area contributed by atoms with Gasteiger partial charge in [-0.05, 0) is 18.4 Å². The van der Waals surface area contributed by atoms with Gasteiger partial charge in [0.1, 0.15) is 0 Å². The van der Waals surface area contributed by atoms with Crippen molar-refractivity contribution in [3.05, 3.63) is 60.2 Å². The first-order chi connectivity index (χ1) is 11.1. The SMILES string of the molecule is Cc1ccc(-c2c(O)nn(CC(C)C)c2-c2ccccc2)cc1. The second kappa shape index (κ2) is 6.29. The van der Waals surface area contributed by atoms with Gasteiger partial charge < -0.3 is 5.11 Å². The van der Waals surface area contributed by atoms with Gasteiger partial charge in [-0.25, -0.2) is 0 Å². The lowest BCUT2D eigenvalue weighted by Crippen LogP contribution is -2.07. The lowest BCUT2D eigenvalue weighted by Gasteiger charge is -2.12. The van der Waals surface area contributed by atoms with Crippen LogP contribution in [0.5, 0.6) is 5.88 Å². The first-order valence-electron chi connectivity index (χ1n) is 7.98. The minimum absolute atomic E-state index is 0.0911. The van der Waals surface area contributed by atoms with Crippen molar-refractivity contribution >= 4 is 0 Å². The fourth-order valence-electron chi connectivity index (χ4n) is 2.80. The first-order valence-corrected chi connectivity index (χ1v) is 7.98. The van der Waals surface area contributed by atoms with E-state index in [9.17, 15) is 5.11 Å². The molecular formula is C20H22N2O.